The van der Waals surface area contributed by atoms with Gasteiger partial charge >= 0.3 is 0 Å². The smallest absolute Gasteiger partial charge is 0.0907 e. The topological polar surface area (TPSA) is 40.5 Å². The summed E-state index contributed by atoms with van der Waals surface area (Å²) < 4.78 is 0. The van der Waals surface area contributed by atoms with Crippen LogP contribution >= 0.6 is 0 Å². The Morgan fingerprint density at radius 3 is 2.00 bits per heavy atom. The molecule has 1 atom stereocenters. The molecule has 2 heteroatoms. The molecular formula is C5H9O2. The molecule has 1 saturated carbocycles. The van der Waals surface area contributed by atoms with E-state index in [2.05, 4.69) is 6.92 Å². The Morgan fingerprint density at radius 2 is 2.00 bits per heavy atom. The van der Waals surface area contributed by atoms with E-state index in [1.54, 1.807) is 0 Å². The fourth-order valence-electron chi connectivity index (χ4n) is 0.461. The molecule has 0 aliphatic heterocycles. The summed E-state index contributed by atoms with van der Waals surface area (Å²) in [7, 11) is 0. The van der Waals surface area contributed by atoms with Crippen LogP contribution in [-0.2, 0) is 0 Å². The maximum absolute atomic E-state index is 8.89. The lowest BCUT2D eigenvalue weighted by Crippen LogP contribution is -2.23. The van der Waals surface area contributed by atoms with Crippen LogP contribution < -0.4 is 0 Å². The zero-order chi connectivity index (χ0) is 5.49. The first-order valence-electron chi connectivity index (χ1n) is 2.39. The Labute approximate surface area is 42.8 Å². The highest BCUT2D eigenvalue weighted by Crippen LogP contribution is 2.37. The number of aliphatic hydroxyl groups is 2. The molecule has 0 bridgehead atoms. The average Bonchev–Trinajstić information content (AvgIpc) is 2.21. The van der Waals surface area contributed by atoms with E-state index in [0.29, 0.717) is 12.8 Å². The van der Waals surface area contributed by atoms with Crippen LogP contribution in [0.3, 0.4) is 0 Å². The molecule has 2 nitrogen and oxygen atoms in total. The van der Waals surface area contributed by atoms with Gasteiger partial charge in [0.05, 0.1) is 11.7 Å². The van der Waals surface area contributed by atoms with Gasteiger partial charge in [0.1, 0.15) is 0 Å². The van der Waals surface area contributed by atoms with Crippen LogP contribution in [0.25, 0.3) is 0 Å². The largest absolute Gasteiger partial charge is 0.390 e. The van der Waals surface area contributed by atoms with Gasteiger partial charge in [-0.2, -0.15) is 0 Å². The van der Waals surface area contributed by atoms with E-state index in [-0.39, 0.29) is 0 Å². The van der Waals surface area contributed by atoms with Gasteiger partial charge < -0.3 is 10.2 Å². The third-order valence-electron chi connectivity index (χ3n) is 1.38. The quantitative estimate of drug-likeness (QED) is 0.476. The van der Waals surface area contributed by atoms with E-state index in [9.17, 15) is 0 Å². The van der Waals surface area contributed by atoms with Crippen molar-refractivity contribution < 1.29 is 10.2 Å². The van der Waals surface area contributed by atoms with E-state index < -0.39 is 11.7 Å². The second-order valence-corrected chi connectivity index (χ2v) is 2.12. The van der Waals surface area contributed by atoms with Gasteiger partial charge in [-0.15, -0.1) is 0 Å². The van der Waals surface area contributed by atoms with Crippen LogP contribution in [0, 0.1) is 6.92 Å². The molecule has 1 aliphatic carbocycles. The molecule has 1 fully saturated rings. The fourth-order valence-corrected chi connectivity index (χ4v) is 0.461. The number of aliphatic hydroxyl groups excluding tert-OH is 1. The maximum Gasteiger partial charge on any atom is 0.0907 e. The zero-order valence-corrected chi connectivity index (χ0v) is 4.09. The minimum atomic E-state index is -0.806. The van der Waals surface area contributed by atoms with Crippen molar-refractivity contribution in [2.24, 2.45) is 0 Å². The highest BCUT2D eigenvalue weighted by molar-refractivity contribution is 5.00. The highest BCUT2D eigenvalue weighted by atomic mass is 16.3. The van der Waals surface area contributed by atoms with E-state index in [1.807, 2.05) is 0 Å². The van der Waals surface area contributed by atoms with E-state index >= 15 is 0 Å². The SMILES string of the molecule is [CH2]C(O)C1(O)CC1. The Morgan fingerprint density at radius 1 is 1.57 bits per heavy atom. The first-order chi connectivity index (χ1) is 3.15. The van der Waals surface area contributed by atoms with E-state index in [1.165, 1.54) is 0 Å². The standard InChI is InChI=1S/C5H9O2/c1-4(6)5(7)2-3-5/h4,6-7H,1-3H2. The predicted octanol–water partition coefficient (Wildman–Crippen LogP) is -0.294. The first kappa shape index (κ1) is 5.06. The van der Waals surface area contributed by atoms with Gasteiger partial charge in [-0.3, -0.25) is 0 Å². The molecule has 0 aromatic heterocycles. The molecule has 1 unspecified atom stereocenters. The molecule has 0 aromatic rings. The van der Waals surface area contributed by atoms with E-state index in [0.717, 1.165) is 0 Å². The van der Waals surface area contributed by atoms with Gasteiger partial charge in [-0.05, 0) is 19.8 Å². The van der Waals surface area contributed by atoms with Crippen LogP contribution in [0.5, 0.6) is 0 Å². The third-order valence-corrected chi connectivity index (χ3v) is 1.38. The van der Waals surface area contributed by atoms with Gasteiger partial charge in [0.15, 0.2) is 0 Å². The van der Waals surface area contributed by atoms with Crippen molar-refractivity contribution in [3.05, 3.63) is 6.92 Å². The van der Waals surface area contributed by atoms with Gasteiger partial charge in [-0.25, -0.2) is 0 Å². The third kappa shape index (κ3) is 0.763. The van der Waals surface area contributed by atoms with Crippen molar-refractivity contribution in [3.63, 3.8) is 0 Å². The molecule has 7 heavy (non-hydrogen) atoms. The van der Waals surface area contributed by atoms with Crippen molar-refractivity contribution in [1.29, 1.82) is 0 Å². The molecule has 2 N–H and O–H groups in total. The molecule has 0 spiro atoms. The monoisotopic (exact) mass is 101 g/mol. The van der Waals surface area contributed by atoms with Crippen molar-refractivity contribution >= 4 is 0 Å². The number of hydrogen-bond acceptors (Lipinski definition) is 2. The fraction of sp³-hybridized carbons (Fsp3) is 0.800. The lowest BCUT2D eigenvalue weighted by Gasteiger charge is -2.08. The summed E-state index contributed by atoms with van der Waals surface area (Å²) in [6.07, 6.45) is 0.627. The average molecular weight is 101 g/mol. The normalized spacial score (nSPS) is 29.6. The maximum atomic E-state index is 8.89. The Balaban J connectivity index is 2.39. The van der Waals surface area contributed by atoms with Crippen molar-refractivity contribution in [2.75, 3.05) is 0 Å². The van der Waals surface area contributed by atoms with Crippen LogP contribution in [0.1, 0.15) is 12.8 Å². The Bertz CT molecular complexity index is 74.1. The predicted molar refractivity (Wildman–Crippen MR) is 25.5 cm³/mol. The van der Waals surface area contributed by atoms with Gasteiger partial charge in [-0.1, -0.05) is 0 Å². The molecule has 0 amide bonds. The van der Waals surface area contributed by atoms with Crippen LogP contribution in [0.4, 0.5) is 0 Å². The Kier molecular flexibility index (Phi) is 0.869. The molecule has 41 valence electrons. The summed E-state index contributed by atoms with van der Waals surface area (Å²) in [5, 5.41) is 17.5. The second-order valence-electron chi connectivity index (χ2n) is 2.12. The summed E-state index contributed by atoms with van der Waals surface area (Å²) in [5.41, 5.74) is -0.806. The summed E-state index contributed by atoms with van der Waals surface area (Å²) >= 11 is 0. The van der Waals surface area contributed by atoms with Crippen LogP contribution in [0.15, 0.2) is 0 Å². The summed E-state index contributed by atoms with van der Waals surface area (Å²) in [4.78, 5) is 0. The number of hydrogen-bond donors (Lipinski definition) is 2. The second kappa shape index (κ2) is 1.20. The van der Waals surface area contributed by atoms with E-state index in [4.69, 9.17) is 10.2 Å². The molecular weight excluding hydrogens is 92.1 g/mol. The molecule has 1 radical (unpaired) electrons. The van der Waals surface area contributed by atoms with Crippen LogP contribution in [-0.4, -0.2) is 21.9 Å². The summed E-state index contributed by atoms with van der Waals surface area (Å²) in [6.45, 7) is 3.28. The van der Waals surface area contributed by atoms with Crippen molar-refractivity contribution in [1.82, 2.24) is 0 Å². The molecule has 0 heterocycles. The van der Waals surface area contributed by atoms with Gasteiger partial charge in [0.2, 0.25) is 0 Å². The number of rotatable bonds is 1. The minimum absolute atomic E-state index is 0.706. The summed E-state index contributed by atoms with van der Waals surface area (Å²) in [6, 6.07) is 0. The molecule has 0 saturated heterocycles. The highest BCUT2D eigenvalue weighted by Gasteiger charge is 2.44. The lowest BCUT2D eigenvalue weighted by molar-refractivity contribution is 0.0266. The van der Waals surface area contributed by atoms with Gasteiger partial charge in [0.25, 0.3) is 0 Å². The van der Waals surface area contributed by atoms with Crippen molar-refractivity contribution in [3.8, 4) is 0 Å². The Hall–Kier alpha value is -0.0800. The van der Waals surface area contributed by atoms with Crippen LogP contribution in [0.2, 0.25) is 0 Å². The molecule has 1 rings (SSSR count). The zero-order valence-electron chi connectivity index (χ0n) is 4.09. The molecule has 1 aliphatic rings. The minimum Gasteiger partial charge on any atom is -0.390 e. The lowest BCUT2D eigenvalue weighted by atomic mass is 10.2. The van der Waals surface area contributed by atoms with Gasteiger partial charge in [0, 0.05) is 0 Å². The van der Waals surface area contributed by atoms with Crippen molar-refractivity contribution in [2.45, 2.75) is 24.5 Å². The summed E-state index contributed by atoms with van der Waals surface area (Å²) in [5.74, 6) is 0. The molecule has 0 aromatic carbocycles. The first-order valence-corrected chi connectivity index (χ1v) is 2.39.